The van der Waals surface area contributed by atoms with Crippen LogP contribution in [-0.2, 0) is 16.9 Å². The third-order valence-corrected chi connectivity index (χ3v) is 6.45. The summed E-state index contributed by atoms with van der Waals surface area (Å²) in [5.74, 6) is -0.809. The number of fused-ring (bicyclic) bond motifs is 3. The van der Waals surface area contributed by atoms with E-state index in [1.807, 2.05) is 0 Å². The lowest BCUT2D eigenvalue weighted by atomic mass is 9.77. The first-order chi connectivity index (χ1) is 14.2. The Balaban J connectivity index is 1.95. The Kier molecular flexibility index (Phi) is 5.84. The van der Waals surface area contributed by atoms with Crippen LogP contribution >= 0.6 is 0 Å². The zero-order valence-electron chi connectivity index (χ0n) is 16.5. The van der Waals surface area contributed by atoms with E-state index in [1.54, 1.807) is 0 Å². The number of hydrogen-bond acceptors (Lipinski definition) is 3. The molecule has 2 aliphatic rings. The second kappa shape index (κ2) is 7.61. The van der Waals surface area contributed by atoms with Crippen LogP contribution in [0.15, 0.2) is 18.2 Å². The Hall–Kier alpha value is -1.88. The molecule has 1 aromatic carbocycles. The molecule has 2 atom stereocenters. The SMILES string of the molecule is CC(CO)(CO)C(=O)N1CC[C@H]2c3ccc(C(F)(C(F)(F)F)C(F)(F)F)cc3CC[C@H]21. The molecule has 1 aliphatic heterocycles. The van der Waals surface area contributed by atoms with Gasteiger partial charge in [-0.05, 0) is 37.3 Å². The molecule has 0 bridgehead atoms. The van der Waals surface area contributed by atoms with E-state index in [2.05, 4.69) is 0 Å². The molecule has 0 saturated carbocycles. The average Bonchev–Trinajstić information content (AvgIpc) is 3.14. The minimum Gasteiger partial charge on any atom is -0.395 e. The highest BCUT2D eigenvalue weighted by Crippen LogP contribution is 2.54. The molecule has 1 fully saturated rings. The van der Waals surface area contributed by atoms with Crippen molar-refractivity contribution in [1.29, 1.82) is 0 Å². The number of halogens is 7. The van der Waals surface area contributed by atoms with E-state index in [1.165, 1.54) is 11.8 Å². The van der Waals surface area contributed by atoms with Gasteiger partial charge in [0.05, 0.1) is 18.6 Å². The van der Waals surface area contributed by atoms with Gasteiger partial charge in [0.15, 0.2) is 0 Å². The van der Waals surface area contributed by atoms with Gasteiger partial charge in [-0.2, -0.15) is 26.3 Å². The van der Waals surface area contributed by atoms with Gasteiger partial charge in [0.2, 0.25) is 5.91 Å². The molecule has 0 aromatic heterocycles. The van der Waals surface area contributed by atoms with Crippen molar-refractivity contribution in [3.63, 3.8) is 0 Å². The van der Waals surface area contributed by atoms with Crippen LogP contribution in [0.4, 0.5) is 30.7 Å². The van der Waals surface area contributed by atoms with Gasteiger partial charge >= 0.3 is 18.0 Å². The highest BCUT2D eigenvalue weighted by molar-refractivity contribution is 5.83. The second-order valence-electron chi connectivity index (χ2n) is 8.44. The van der Waals surface area contributed by atoms with E-state index in [9.17, 15) is 45.7 Å². The highest BCUT2D eigenvalue weighted by Gasteiger charge is 2.73. The number of rotatable bonds is 4. The third kappa shape index (κ3) is 3.59. The third-order valence-electron chi connectivity index (χ3n) is 6.45. The summed E-state index contributed by atoms with van der Waals surface area (Å²) in [5.41, 5.74) is -7.71. The molecule has 0 spiro atoms. The van der Waals surface area contributed by atoms with E-state index >= 15 is 0 Å². The zero-order chi connectivity index (χ0) is 23.4. The number of likely N-dealkylation sites (tertiary alicyclic amines) is 1. The topological polar surface area (TPSA) is 60.8 Å². The number of carbonyl (C=O) groups is 1. The van der Waals surface area contributed by atoms with Crippen molar-refractivity contribution in [1.82, 2.24) is 4.90 Å². The number of carbonyl (C=O) groups excluding carboxylic acids is 1. The summed E-state index contributed by atoms with van der Waals surface area (Å²) in [6.07, 6.45) is -11.6. The number of hydrogen-bond donors (Lipinski definition) is 2. The maximum atomic E-state index is 14.4. The summed E-state index contributed by atoms with van der Waals surface area (Å²) >= 11 is 0. The Morgan fingerprint density at radius 3 is 2.13 bits per heavy atom. The summed E-state index contributed by atoms with van der Waals surface area (Å²) in [4.78, 5) is 14.3. The van der Waals surface area contributed by atoms with E-state index < -0.39 is 48.1 Å². The Labute approximate surface area is 173 Å². The summed E-state index contributed by atoms with van der Waals surface area (Å²) in [7, 11) is 0. The predicted octanol–water partition coefficient (Wildman–Crippen LogP) is 3.60. The Morgan fingerprint density at radius 1 is 1.03 bits per heavy atom. The van der Waals surface area contributed by atoms with Crippen molar-refractivity contribution in [2.24, 2.45) is 5.41 Å². The molecule has 3 rings (SSSR count). The Bertz CT molecular complexity index is 834. The number of aryl methyl sites for hydroxylation is 1. The van der Waals surface area contributed by atoms with Gasteiger partial charge in [-0.3, -0.25) is 4.79 Å². The minimum atomic E-state index is -6.17. The van der Waals surface area contributed by atoms with Crippen molar-refractivity contribution in [3.8, 4) is 0 Å². The number of aliphatic hydroxyl groups excluding tert-OH is 2. The normalized spacial score (nSPS) is 22.3. The van der Waals surface area contributed by atoms with Gasteiger partial charge in [-0.1, -0.05) is 18.2 Å². The highest BCUT2D eigenvalue weighted by atomic mass is 19.4. The fraction of sp³-hybridized carbons (Fsp3) is 0.650. The van der Waals surface area contributed by atoms with Crippen LogP contribution in [0.25, 0.3) is 0 Å². The van der Waals surface area contributed by atoms with E-state index in [-0.39, 0.29) is 36.9 Å². The van der Waals surface area contributed by atoms with Gasteiger partial charge in [0.25, 0.3) is 0 Å². The lowest BCUT2D eigenvalue weighted by Crippen LogP contribution is -2.50. The molecule has 4 nitrogen and oxygen atoms in total. The largest absolute Gasteiger partial charge is 0.435 e. The van der Waals surface area contributed by atoms with Gasteiger partial charge in [-0.15, -0.1) is 0 Å². The molecule has 1 heterocycles. The number of nitrogens with zero attached hydrogens (tertiary/aromatic N) is 1. The van der Waals surface area contributed by atoms with Crippen molar-refractivity contribution < 1.29 is 45.7 Å². The van der Waals surface area contributed by atoms with Crippen LogP contribution in [-0.4, -0.2) is 59.2 Å². The predicted molar refractivity (Wildman–Crippen MR) is 94.8 cm³/mol. The quantitative estimate of drug-likeness (QED) is 0.680. The molecule has 11 heteroatoms. The number of aliphatic hydroxyl groups is 2. The average molecular weight is 457 g/mol. The van der Waals surface area contributed by atoms with Gasteiger partial charge < -0.3 is 15.1 Å². The molecule has 1 aliphatic carbocycles. The number of amides is 1. The molecule has 2 N–H and O–H groups in total. The molecule has 1 aromatic rings. The lowest BCUT2D eigenvalue weighted by Gasteiger charge is -2.38. The maximum absolute atomic E-state index is 14.4. The van der Waals surface area contributed by atoms with Crippen LogP contribution < -0.4 is 0 Å². The van der Waals surface area contributed by atoms with Crippen molar-refractivity contribution in [2.45, 2.75) is 56.2 Å². The van der Waals surface area contributed by atoms with Gasteiger partial charge in [0.1, 0.15) is 0 Å². The fourth-order valence-electron chi connectivity index (χ4n) is 4.55. The summed E-state index contributed by atoms with van der Waals surface area (Å²) < 4.78 is 92.8. The molecule has 0 radical (unpaired) electrons. The zero-order valence-corrected chi connectivity index (χ0v) is 16.5. The number of benzene rings is 1. The molecule has 31 heavy (non-hydrogen) atoms. The standard InChI is InChI=1S/C20H22F7NO3/c1-17(9-29,10-30)16(31)28-7-6-14-13-4-3-12(8-11(13)2-5-15(14)28)18(21,19(22,23)24)20(25,26)27/h3-4,8,14-15,29-30H,2,5-7,9-10H2,1H3/t14-,15+/m0/s1. The monoisotopic (exact) mass is 457 g/mol. The second-order valence-corrected chi connectivity index (χ2v) is 8.44. The van der Waals surface area contributed by atoms with E-state index in [0.29, 0.717) is 24.1 Å². The molecule has 0 unspecified atom stereocenters. The van der Waals surface area contributed by atoms with Crippen LogP contribution in [0.3, 0.4) is 0 Å². The lowest BCUT2D eigenvalue weighted by molar-refractivity contribution is -0.348. The smallest absolute Gasteiger partial charge is 0.395 e. The van der Waals surface area contributed by atoms with Crippen LogP contribution in [0.5, 0.6) is 0 Å². The Morgan fingerprint density at radius 2 is 1.61 bits per heavy atom. The van der Waals surface area contributed by atoms with Crippen molar-refractivity contribution in [2.75, 3.05) is 19.8 Å². The molecular formula is C20H22F7NO3. The van der Waals surface area contributed by atoms with Crippen molar-refractivity contribution in [3.05, 3.63) is 34.9 Å². The molecular weight excluding hydrogens is 435 g/mol. The summed E-state index contributed by atoms with van der Waals surface area (Å²) in [5, 5.41) is 19.0. The van der Waals surface area contributed by atoms with Crippen LogP contribution in [0.1, 0.15) is 42.4 Å². The molecule has 1 amide bonds. The molecule has 174 valence electrons. The fourth-order valence-corrected chi connectivity index (χ4v) is 4.55. The summed E-state index contributed by atoms with van der Waals surface area (Å²) in [6, 6.07) is 1.85. The van der Waals surface area contributed by atoms with E-state index in [4.69, 9.17) is 0 Å². The van der Waals surface area contributed by atoms with E-state index in [0.717, 1.165) is 6.07 Å². The maximum Gasteiger partial charge on any atom is 0.435 e. The van der Waals surface area contributed by atoms with Crippen LogP contribution in [0.2, 0.25) is 0 Å². The van der Waals surface area contributed by atoms with Gasteiger partial charge in [-0.25, -0.2) is 4.39 Å². The van der Waals surface area contributed by atoms with Crippen LogP contribution in [0, 0.1) is 5.41 Å². The minimum absolute atomic E-state index is 0.0644. The van der Waals surface area contributed by atoms with Crippen molar-refractivity contribution >= 4 is 5.91 Å². The first kappa shape index (κ1) is 23.8. The van der Waals surface area contributed by atoms with Gasteiger partial charge in [0, 0.05) is 24.1 Å². The number of alkyl halides is 7. The first-order valence-electron chi connectivity index (χ1n) is 9.69. The molecule has 1 saturated heterocycles. The first-order valence-corrected chi connectivity index (χ1v) is 9.69. The summed E-state index contributed by atoms with van der Waals surface area (Å²) in [6.45, 7) is 0.511.